The summed E-state index contributed by atoms with van der Waals surface area (Å²) in [7, 11) is 0. The van der Waals surface area contributed by atoms with Gasteiger partial charge in [-0.15, -0.1) is 0 Å². The van der Waals surface area contributed by atoms with E-state index >= 15 is 0 Å². The predicted octanol–water partition coefficient (Wildman–Crippen LogP) is 2.82. The van der Waals surface area contributed by atoms with Crippen molar-refractivity contribution in [2.24, 2.45) is 0 Å². The summed E-state index contributed by atoms with van der Waals surface area (Å²) < 4.78 is 32.5. The fourth-order valence-corrected chi connectivity index (χ4v) is 2.85. The van der Waals surface area contributed by atoms with Crippen LogP contribution in [0.2, 0.25) is 0 Å². The Labute approximate surface area is 148 Å². The van der Waals surface area contributed by atoms with Crippen molar-refractivity contribution in [1.82, 2.24) is 19.9 Å². The van der Waals surface area contributed by atoms with Gasteiger partial charge in [0, 0.05) is 18.7 Å². The molecular formula is C18H17F2N5O. The van der Waals surface area contributed by atoms with Crippen molar-refractivity contribution < 1.29 is 13.5 Å². The molecule has 1 aromatic carbocycles. The van der Waals surface area contributed by atoms with E-state index in [9.17, 15) is 8.78 Å². The number of aromatic nitrogens is 4. The molecule has 0 bridgehead atoms. The first-order valence-corrected chi connectivity index (χ1v) is 8.34. The molecule has 1 fully saturated rings. The molecule has 0 aliphatic carbocycles. The second kappa shape index (κ2) is 6.53. The Morgan fingerprint density at radius 2 is 1.65 bits per heavy atom. The molecule has 6 nitrogen and oxygen atoms in total. The average molecular weight is 357 g/mol. The SMILES string of the molecule is Cc1nc2nc(N3CCOCC3)nc(-c3ccc(F)c(F)c3)c2nc1C. The second-order valence-electron chi connectivity index (χ2n) is 6.17. The van der Waals surface area contributed by atoms with Crippen LogP contribution in [0.15, 0.2) is 18.2 Å². The van der Waals surface area contributed by atoms with Gasteiger partial charge < -0.3 is 9.64 Å². The summed E-state index contributed by atoms with van der Waals surface area (Å²) in [6.45, 7) is 6.17. The van der Waals surface area contributed by atoms with E-state index in [4.69, 9.17) is 4.74 Å². The summed E-state index contributed by atoms with van der Waals surface area (Å²) in [6.07, 6.45) is 0. The Balaban J connectivity index is 1.95. The van der Waals surface area contributed by atoms with Crippen LogP contribution in [0.5, 0.6) is 0 Å². The van der Waals surface area contributed by atoms with Gasteiger partial charge in [0.25, 0.3) is 0 Å². The summed E-state index contributed by atoms with van der Waals surface area (Å²) in [4.78, 5) is 20.2. The van der Waals surface area contributed by atoms with Crippen molar-refractivity contribution in [3.05, 3.63) is 41.2 Å². The maximum Gasteiger partial charge on any atom is 0.228 e. The molecule has 0 radical (unpaired) electrons. The van der Waals surface area contributed by atoms with Gasteiger partial charge in [-0.25, -0.2) is 23.7 Å². The molecule has 0 N–H and O–H groups in total. The summed E-state index contributed by atoms with van der Waals surface area (Å²) in [6, 6.07) is 3.69. The summed E-state index contributed by atoms with van der Waals surface area (Å²) in [5.41, 5.74) is 3.28. The van der Waals surface area contributed by atoms with Gasteiger partial charge in [-0.05, 0) is 32.0 Å². The Morgan fingerprint density at radius 1 is 0.923 bits per heavy atom. The van der Waals surface area contributed by atoms with Gasteiger partial charge in [0.1, 0.15) is 11.2 Å². The first-order valence-electron chi connectivity index (χ1n) is 8.34. The van der Waals surface area contributed by atoms with Crippen LogP contribution < -0.4 is 4.90 Å². The number of aryl methyl sites for hydroxylation is 2. The van der Waals surface area contributed by atoms with Crippen LogP contribution in [-0.2, 0) is 4.74 Å². The summed E-state index contributed by atoms with van der Waals surface area (Å²) in [5, 5.41) is 0. The van der Waals surface area contributed by atoms with Crippen molar-refractivity contribution in [2.75, 3.05) is 31.2 Å². The highest BCUT2D eigenvalue weighted by Crippen LogP contribution is 2.28. The number of nitrogens with zero attached hydrogens (tertiary/aromatic N) is 5. The van der Waals surface area contributed by atoms with Crippen LogP contribution in [-0.4, -0.2) is 46.2 Å². The van der Waals surface area contributed by atoms with Crippen LogP contribution >= 0.6 is 0 Å². The highest BCUT2D eigenvalue weighted by atomic mass is 19.2. The maximum atomic E-state index is 13.8. The Hall–Kier alpha value is -2.74. The number of halogens is 2. The molecule has 0 atom stereocenters. The van der Waals surface area contributed by atoms with E-state index in [1.807, 2.05) is 18.7 Å². The van der Waals surface area contributed by atoms with E-state index < -0.39 is 11.6 Å². The van der Waals surface area contributed by atoms with E-state index in [-0.39, 0.29) is 0 Å². The monoisotopic (exact) mass is 357 g/mol. The van der Waals surface area contributed by atoms with Crippen molar-refractivity contribution in [2.45, 2.75) is 13.8 Å². The zero-order chi connectivity index (χ0) is 18.3. The minimum absolute atomic E-state index is 0.434. The molecule has 8 heteroatoms. The smallest absolute Gasteiger partial charge is 0.228 e. The van der Waals surface area contributed by atoms with Gasteiger partial charge in [-0.1, -0.05) is 0 Å². The van der Waals surface area contributed by atoms with Crippen LogP contribution in [0.1, 0.15) is 11.4 Å². The highest BCUT2D eigenvalue weighted by molar-refractivity contribution is 5.88. The number of benzene rings is 1. The predicted molar refractivity (Wildman–Crippen MR) is 93.0 cm³/mol. The lowest BCUT2D eigenvalue weighted by atomic mass is 10.1. The van der Waals surface area contributed by atoms with Crippen LogP contribution in [0.25, 0.3) is 22.4 Å². The zero-order valence-corrected chi connectivity index (χ0v) is 14.5. The van der Waals surface area contributed by atoms with E-state index in [0.29, 0.717) is 54.7 Å². The molecule has 1 aliphatic heterocycles. The topological polar surface area (TPSA) is 64.0 Å². The third-order valence-corrected chi connectivity index (χ3v) is 4.42. The molecule has 0 saturated carbocycles. The maximum absolute atomic E-state index is 13.8. The number of hydrogen-bond donors (Lipinski definition) is 0. The molecule has 3 aromatic rings. The van der Waals surface area contributed by atoms with Gasteiger partial charge >= 0.3 is 0 Å². The Morgan fingerprint density at radius 3 is 2.38 bits per heavy atom. The molecule has 4 rings (SSSR count). The molecule has 134 valence electrons. The van der Waals surface area contributed by atoms with Gasteiger partial charge in [0.05, 0.1) is 24.6 Å². The first-order chi connectivity index (χ1) is 12.5. The molecule has 26 heavy (non-hydrogen) atoms. The lowest BCUT2D eigenvalue weighted by Crippen LogP contribution is -2.37. The molecule has 1 saturated heterocycles. The Kier molecular flexibility index (Phi) is 4.20. The lowest BCUT2D eigenvalue weighted by molar-refractivity contribution is 0.122. The number of morpholine rings is 1. The van der Waals surface area contributed by atoms with E-state index in [1.165, 1.54) is 6.07 Å². The van der Waals surface area contributed by atoms with Crippen molar-refractivity contribution in [1.29, 1.82) is 0 Å². The quantitative estimate of drug-likeness (QED) is 0.703. The lowest BCUT2D eigenvalue weighted by Gasteiger charge is -2.27. The second-order valence-corrected chi connectivity index (χ2v) is 6.17. The van der Waals surface area contributed by atoms with Gasteiger partial charge in [-0.2, -0.15) is 4.98 Å². The number of fused-ring (bicyclic) bond motifs is 1. The van der Waals surface area contributed by atoms with Gasteiger partial charge in [0.2, 0.25) is 5.95 Å². The Bertz CT molecular complexity index is 989. The first kappa shape index (κ1) is 16.7. The summed E-state index contributed by atoms with van der Waals surface area (Å²) >= 11 is 0. The fraction of sp³-hybridized carbons (Fsp3) is 0.333. The van der Waals surface area contributed by atoms with Crippen LogP contribution in [0, 0.1) is 25.5 Å². The third-order valence-electron chi connectivity index (χ3n) is 4.42. The van der Waals surface area contributed by atoms with E-state index in [1.54, 1.807) is 0 Å². The number of anilines is 1. The normalized spacial score (nSPS) is 14.8. The van der Waals surface area contributed by atoms with Crippen molar-refractivity contribution in [3.8, 4) is 11.3 Å². The zero-order valence-electron chi connectivity index (χ0n) is 14.5. The average Bonchev–Trinajstić information content (AvgIpc) is 2.65. The van der Waals surface area contributed by atoms with Crippen LogP contribution in [0.3, 0.4) is 0 Å². The standard InChI is InChI=1S/C18H17F2N5O/c1-10-11(2)22-17-16(21-10)15(12-3-4-13(19)14(20)9-12)23-18(24-17)25-5-7-26-8-6-25/h3-4,9H,5-8H2,1-2H3. The molecule has 0 spiro atoms. The van der Waals surface area contributed by atoms with E-state index in [2.05, 4.69) is 19.9 Å². The molecule has 0 amide bonds. The number of rotatable bonds is 2. The largest absolute Gasteiger partial charge is 0.378 e. The van der Waals surface area contributed by atoms with Crippen molar-refractivity contribution >= 4 is 17.1 Å². The minimum Gasteiger partial charge on any atom is -0.378 e. The third kappa shape index (κ3) is 2.96. The number of hydrogen-bond acceptors (Lipinski definition) is 6. The molecule has 3 heterocycles. The molecule has 1 aliphatic rings. The summed E-state index contributed by atoms with van der Waals surface area (Å²) in [5.74, 6) is -1.35. The fourth-order valence-electron chi connectivity index (χ4n) is 2.85. The van der Waals surface area contributed by atoms with Crippen molar-refractivity contribution in [3.63, 3.8) is 0 Å². The van der Waals surface area contributed by atoms with Gasteiger partial charge in [-0.3, -0.25) is 0 Å². The molecule has 0 unspecified atom stereocenters. The minimum atomic E-state index is -0.932. The van der Waals surface area contributed by atoms with Gasteiger partial charge in [0.15, 0.2) is 17.3 Å². The van der Waals surface area contributed by atoms with E-state index in [0.717, 1.165) is 23.5 Å². The molecule has 2 aromatic heterocycles. The number of ether oxygens (including phenoxy) is 1. The molecular weight excluding hydrogens is 340 g/mol. The highest BCUT2D eigenvalue weighted by Gasteiger charge is 2.20. The van der Waals surface area contributed by atoms with Crippen LogP contribution in [0.4, 0.5) is 14.7 Å².